The fraction of sp³-hybridized carbons (Fsp3) is 0.333. The molecule has 2 rings (SSSR count). The third-order valence-electron chi connectivity index (χ3n) is 3.22. The molecule has 0 aliphatic heterocycles. The summed E-state index contributed by atoms with van der Waals surface area (Å²) in [5.74, 6) is -0.0429. The standard InChI is InChI=1S/C15H18FNOS/c1-10(17-11(2)13-6-7-19-9-13)12-4-5-14(16)15(8-12)18-3/h4-11,17H,1-3H3. The number of rotatable bonds is 5. The minimum atomic E-state index is -0.329. The van der Waals surface area contributed by atoms with E-state index in [0.717, 1.165) is 5.56 Å². The summed E-state index contributed by atoms with van der Waals surface area (Å²) in [6.45, 7) is 4.19. The summed E-state index contributed by atoms with van der Waals surface area (Å²) in [7, 11) is 1.48. The minimum absolute atomic E-state index is 0.129. The second-order valence-corrected chi connectivity index (χ2v) is 5.34. The van der Waals surface area contributed by atoms with Gasteiger partial charge in [-0.2, -0.15) is 11.3 Å². The van der Waals surface area contributed by atoms with Gasteiger partial charge in [0.15, 0.2) is 11.6 Å². The van der Waals surface area contributed by atoms with Gasteiger partial charge in [0.05, 0.1) is 7.11 Å². The van der Waals surface area contributed by atoms with E-state index in [0.29, 0.717) is 0 Å². The van der Waals surface area contributed by atoms with Crippen molar-refractivity contribution >= 4 is 11.3 Å². The van der Waals surface area contributed by atoms with Crippen LogP contribution in [0.3, 0.4) is 0 Å². The fourth-order valence-corrected chi connectivity index (χ4v) is 2.79. The lowest BCUT2D eigenvalue weighted by atomic mass is 10.1. The molecule has 102 valence electrons. The zero-order valence-corrected chi connectivity index (χ0v) is 12.1. The van der Waals surface area contributed by atoms with Crippen LogP contribution < -0.4 is 10.1 Å². The normalized spacial score (nSPS) is 14.1. The molecular weight excluding hydrogens is 261 g/mol. The summed E-state index contributed by atoms with van der Waals surface area (Å²) in [4.78, 5) is 0. The third kappa shape index (κ3) is 3.33. The summed E-state index contributed by atoms with van der Waals surface area (Å²) in [5.41, 5.74) is 2.28. The van der Waals surface area contributed by atoms with Crippen molar-refractivity contribution in [2.24, 2.45) is 0 Å². The molecule has 2 aromatic rings. The Morgan fingerprint density at radius 3 is 2.53 bits per heavy atom. The molecule has 1 aromatic heterocycles. The zero-order valence-electron chi connectivity index (χ0n) is 11.3. The topological polar surface area (TPSA) is 21.3 Å². The number of methoxy groups -OCH3 is 1. The summed E-state index contributed by atoms with van der Waals surface area (Å²) in [6.07, 6.45) is 0. The van der Waals surface area contributed by atoms with Crippen LogP contribution in [0.5, 0.6) is 5.75 Å². The average molecular weight is 279 g/mol. The maximum absolute atomic E-state index is 13.4. The lowest BCUT2D eigenvalue weighted by Gasteiger charge is -2.20. The predicted octanol–water partition coefficient (Wildman–Crippen LogP) is 4.31. The monoisotopic (exact) mass is 279 g/mol. The number of benzene rings is 1. The molecule has 0 aliphatic carbocycles. The van der Waals surface area contributed by atoms with E-state index < -0.39 is 0 Å². The SMILES string of the molecule is COc1cc(C(C)NC(C)c2ccsc2)ccc1F. The van der Waals surface area contributed by atoms with E-state index in [4.69, 9.17) is 4.74 Å². The second-order valence-electron chi connectivity index (χ2n) is 4.56. The molecule has 1 aromatic carbocycles. The maximum Gasteiger partial charge on any atom is 0.165 e. The van der Waals surface area contributed by atoms with Crippen LogP contribution in [0.15, 0.2) is 35.0 Å². The third-order valence-corrected chi connectivity index (χ3v) is 3.92. The van der Waals surface area contributed by atoms with Crippen LogP contribution in [-0.2, 0) is 0 Å². The van der Waals surface area contributed by atoms with Gasteiger partial charge in [0.2, 0.25) is 0 Å². The van der Waals surface area contributed by atoms with Gasteiger partial charge in [-0.1, -0.05) is 6.07 Å². The first-order valence-corrected chi connectivity index (χ1v) is 7.17. The van der Waals surface area contributed by atoms with E-state index in [-0.39, 0.29) is 23.7 Å². The van der Waals surface area contributed by atoms with Crippen LogP contribution in [0.4, 0.5) is 4.39 Å². The van der Waals surface area contributed by atoms with Crippen LogP contribution >= 0.6 is 11.3 Å². The molecule has 0 radical (unpaired) electrons. The van der Waals surface area contributed by atoms with Crippen LogP contribution in [0, 0.1) is 5.82 Å². The van der Waals surface area contributed by atoms with E-state index in [1.165, 1.54) is 18.7 Å². The van der Waals surface area contributed by atoms with Gasteiger partial charge in [-0.05, 0) is 53.9 Å². The van der Waals surface area contributed by atoms with Crippen molar-refractivity contribution in [3.05, 3.63) is 52.0 Å². The highest BCUT2D eigenvalue weighted by Crippen LogP contribution is 2.25. The van der Waals surface area contributed by atoms with Gasteiger partial charge in [0, 0.05) is 12.1 Å². The van der Waals surface area contributed by atoms with Gasteiger partial charge < -0.3 is 10.1 Å². The molecule has 0 bridgehead atoms. The Kier molecular flexibility index (Phi) is 4.56. The zero-order chi connectivity index (χ0) is 13.8. The van der Waals surface area contributed by atoms with Gasteiger partial charge in [0.1, 0.15) is 0 Å². The van der Waals surface area contributed by atoms with Crippen LogP contribution in [0.1, 0.15) is 37.1 Å². The van der Waals surface area contributed by atoms with Crippen molar-refractivity contribution in [2.75, 3.05) is 7.11 Å². The fourth-order valence-electron chi connectivity index (χ4n) is 2.03. The smallest absolute Gasteiger partial charge is 0.165 e. The number of ether oxygens (including phenoxy) is 1. The molecule has 1 heterocycles. The first kappa shape index (κ1) is 14.0. The lowest BCUT2D eigenvalue weighted by molar-refractivity contribution is 0.384. The second kappa shape index (κ2) is 6.17. The van der Waals surface area contributed by atoms with E-state index in [1.807, 2.05) is 0 Å². The first-order valence-electron chi connectivity index (χ1n) is 6.23. The molecule has 0 fully saturated rings. The Labute approximate surface area is 117 Å². The van der Waals surface area contributed by atoms with Crippen molar-refractivity contribution in [3.63, 3.8) is 0 Å². The lowest BCUT2D eigenvalue weighted by Crippen LogP contribution is -2.22. The number of hydrogen-bond donors (Lipinski definition) is 1. The van der Waals surface area contributed by atoms with E-state index in [9.17, 15) is 4.39 Å². The van der Waals surface area contributed by atoms with Crippen LogP contribution in [0.25, 0.3) is 0 Å². The van der Waals surface area contributed by atoms with Crippen LogP contribution in [0.2, 0.25) is 0 Å². The quantitative estimate of drug-likeness (QED) is 0.880. The van der Waals surface area contributed by atoms with Crippen molar-refractivity contribution in [2.45, 2.75) is 25.9 Å². The Bertz CT molecular complexity index is 527. The van der Waals surface area contributed by atoms with Gasteiger partial charge >= 0.3 is 0 Å². The minimum Gasteiger partial charge on any atom is -0.494 e. The van der Waals surface area contributed by atoms with Crippen molar-refractivity contribution in [1.29, 1.82) is 0 Å². The molecule has 0 spiro atoms. The summed E-state index contributed by atoms with van der Waals surface area (Å²) in [6, 6.07) is 7.48. The largest absolute Gasteiger partial charge is 0.494 e. The summed E-state index contributed by atoms with van der Waals surface area (Å²) >= 11 is 1.69. The Balaban J connectivity index is 2.09. The summed E-state index contributed by atoms with van der Waals surface area (Å²) in [5, 5.41) is 7.70. The number of halogens is 1. The highest BCUT2D eigenvalue weighted by molar-refractivity contribution is 7.07. The molecule has 0 aliphatic rings. The first-order chi connectivity index (χ1) is 9.11. The molecule has 0 saturated heterocycles. The molecular formula is C15H18FNOS. The van der Waals surface area contributed by atoms with Crippen molar-refractivity contribution in [3.8, 4) is 5.75 Å². The summed E-state index contributed by atoms with van der Waals surface area (Å²) < 4.78 is 18.4. The van der Waals surface area contributed by atoms with Gasteiger partial charge in [0.25, 0.3) is 0 Å². The van der Waals surface area contributed by atoms with E-state index in [1.54, 1.807) is 23.5 Å². The highest BCUT2D eigenvalue weighted by Gasteiger charge is 2.13. The molecule has 4 heteroatoms. The predicted molar refractivity (Wildman–Crippen MR) is 77.2 cm³/mol. The molecule has 2 unspecified atom stereocenters. The highest BCUT2D eigenvalue weighted by atomic mass is 32.1. The number of hydrogen-bond acceptors (Lipinski definition) is 3. The molecule has 2 atom stereocenters. The van der Waals surface area contributed by atoms with Crippen molar-refractivity contribution in [1.82, 2.24) is 5.32 Å². The molecule has 0 amide bonds. The van der Waals surface area contributed by atoms with Gasteiger partial charge in [-0.15, -0.1) is 0 Å². The Hall–Kier alpha value is -1.39. The maximum atomic E-state index is 13.4. The van der Waals surface area contributed by atoms with Crippen molar-refractivity contribution < 1.29 is 9.13 Å². The molecule has 19 heavy (non-hydrogen) atoms. The van der Waals surface area contributed by atoms with Gasteiger partial charge in [-0.25, -0.2) is 4.39 Å². The molecule has 2 nitrogen and oxygen atoms in total. The average Bonchev–Trinajstić information content (AvgIpc) is 2.93. The van der Waals surface area contributed by atoms with Gasteiger partial charge in [-0.3, -0.25) is 0 Å². The van der Waals surface area contributed by atoms with E-state index in [2.05, 4.69) is 36.0 Å². The number of nitrogens with one attached hydrogen (secondary N) is 1. The van der Waals surface area contributed by atoms with Crippen LogP contribution in [-0.4, -0.2) is 7.11 Å². The Morgan fingerprint density at radius 2 is 1.89 bits per heavy atom. The number of thiophene rings is 1. The van der Waals surface area contributed by atoms with E-state index >= 15 is 0 Å². The molecule has 0 saturated carbocycles. The Morgan fingerprint density at radius 1 is 1.16 bits per heavy atom. The molecule has 1 N–H and O–H groups in total.